The average molecular weight is 267 g/mol. The minimum atomic E-state index is -3.66. The van der Waals surface area contributed by atoms with Crippen molar-refractivity contribution in [2.45, 2.75) is 11.6 Å². The zero-order chi connectivity index (χ0) is 13.0. The van der Waals surface area contributed by atoms with Crippen LogP contribution in [0.4, 0.5) is 5.69 Å². The first-order chi connectivity index (χ1) is 8.59. The van der Waals surface area contributed by atoms with Crippen molar-refractivity contribution in [3.63, 3.8) is 0 Å². The molecule has 0 aliphatic carbocycles. The van der Waals surface area contributed by atoms with Crippen LogP contribution in [-0.2, 0) is 16.6 Å². The molecule has 2 rings (SSSR count). The summed E-state index contributed by atoms with van der Waals surface area (Å²) in [7, 11) is -3.66. The van der Waals surface area contributed by atoms with Crippen molar-refractivity contribution in [1.82, 2.24) is 19.3 Å². The minimum absolute atomic E-state index is 0.132. The third-order valence-corrected chi connectivity index (χ3v) is 3.71. The van der Waals surface area contributed by atoms with Crippen molar-refractivity contribution in [2.24, 2.45) is 0 Å². The third kappa shape index (κ3) is 2.84. The summed E-state index contributed by atoms with van der Waals surface area (Å²) in [6.45, 7) is 0.737. The van der Waals surface area contributed by atoms with Crippen LogP contribution in [0.15, 0.2) is 42.1 Å². The number of sulfonamides is 1. The van der Waals surface area contributed by atoms with E-state index in [-0.39, 0.29) is 17.3 Å². The van der Waals surface area contributed by atoms with Crippen LogP contribution in [0.5, 0.6) is 0 Å². The van der Waals surface area contributed by atoms with E-state index in [4.69, 9.17) is 5.73 Å². The summed E-state index contributed by atoms with van der Waals surface area (Å²) in [5.74, 6) is 0. The zero-order valence-electron chi connectivity index (χ0n) is 9.52. The third-order valence-electron chi connectivity index (χ3n) is 2.28. The van der Waals surface area contributed by atoms with Crippen LogP contribution in [0.1, 0.15) is 0 Å². The monoisotopic (exact) mass is 267 g/mol. The largest absolute Gasteiger partial charge is 0.396 e. The highest BCUT2D eigenvalue weighted by molar-refractivity contribution is 7.89. The highest BCUT2D eigenvalue weighted by atomic mass is 32.2. The molecule has 18 heavy (non-hydrogen) atoms. The van der Waals surface area contributed by atoms with Crippen LogP contribution in [-0.4, -0.2) is 29.5 Å². The lowest BCUT2D eigenvalue weighted by Gasteiger charge is -2.08. The van der Waals surface area contributed by atoms with Gasteiger partial charge in [-0.15, -0.1) is 0 Å². The van der Waals surface area contributed by atoms with Crippen LogP contribution in [0.2, 0.25) is 0 Å². The second-order valence-corrected chi connectivity index (χ2v) is 5.28. The number of nitrogen functional groups attached to an aromatic ring is 1. The molecule has 0 unspecified atom stereocenters. The van der Waals surface area contributed by atoms with Crippen LogP contribution in [0.3, 0.4) is 0 Å². The number of hydrogen-bond acceptors (Lipinski definition) is 5. The molecule has 0 saturated heterocycles. The fourth-order valence-electron chi connectivity index (χ4n) is 1.42. The van der Waals surface area contributed by atoms with Gasteiger partial charge >= 0.3 is 0 Å². The summed E-state index contributed by atoms with van der Waals surface area (Å²) in [4.78, 5) is 7.63. The van der Waals surface area contributed by atoms with E-state index in [1.165, 1.54) is 12.3 Å². The number of pyridine rings is 1. The lowest BCUT2D eigenvalue weighted by molar-refractivity contribution is 0.569. The molecular weight excluding hydrogens is 254 g/mol. The Labute approximate surface area is 105 Å². The second kappa shape index (κ2) is 5.15. The van der Waals surface area contributed by atoms with Gasteiger partial charge in [-0.2, -0.15) is 0 Å². The molecule has 0 fully saturated rings. The van der Waals surface area contributed by atoms with Crippen LogP contribution in [0, 0.1) is 0 Å². The average Bonchev–Trinajstić information content (AvgIpc) is 2.82. The molecule has 0 aromatic carbocycles. The first-order valence-corrected chi connectivity index (χ1v) is 6.74. The molecule has 96 valence electrons. The number of imidazole rings is 1. The predicted octanol–water partition coefficient (Wildman–Crippen LogP) is -0.161. The van der Waals surface area contributed by atoms with E-state index in [1.54, 1.807) is 29.4 Å². The van der Waals surface area contributed by atoms with Crippen molar-refractivity contribution < 1.29 is 8.42 Å². The zero-order valence-corrected chi connectivity index (χ0v) is 10.3. The van der Waals surface area contributed by atoms with Gasteiger partial charge < -0.3 is 10.3 Å². The van der Waals surface area contributed by atoms with Crippen molar-refractivity contribution in [1.29, 1.82) is 0 Å². The second-order valence-electron chi connectivity index (χ2n) is 3.60. The number of aromatic nitrogens is 3. The summed E-state index contributed by atoms with van der Waals surface area (Å²) in [6, 6.07) is 3.08. The molecular formula is C10H13N5O2S. The van der Waals surface area contributed by atoms with E-state index in [0.29, 0.717) is 6.54 Å². The molecule has 0 aliphatic heterocycles. The van der Waals surface area contributed by atoms with Gasteiger partial charge in [-0.1, -0.05) is 0 Å². The number of nitrogens with two attached hydrogens (primary N) is 1. The molecule has 0 aliphatic rings. The highest BCUT2D eigenvalue weighted by Gasteiger charge is 2.17. The fraction of sp³-hybridized carbons (Fsp3) is 0.200. The molecule has 0 radical (unpaired) electrons. The molecule has 8 heteroatoms. The van der Waals surface area contributed by atoms with Gasteiger partial charge in [0.15, 0.2) is 5.03 Å². The molecule has 0 atom stereocenters. The number of anilines is 1. The van der Waals surface area contributed by atoms with E-state index in [0.717, 1.165) is 0 Å². The maximum atomic E-state index is 11.9. The van der Waals surface area contributed by atoms with Crippen molar-refractivity contribution >= 4 is 15.7 Å². The van der Waals surface area contributed by atoms with Crippen LogP contribution >= 0.6 is 0 Å². The SMILES string of the molecule is Nc1cccnc1S(=O)(=O)NCCn1ccnc1. The molecule has 0 amide bonds. The fourth-order valence-corrected chi connectivity index (χ4v) is 2.50. The first kappa shape index (κ1) is 12.5. The summed E-state index contributed by atoms with van der Waals surface area (Å²) < 4.78 is 28.0. The van der Waals surface area contributed by atoms with Gasteiger partial charge in [0.25, 0.3) is 10.0 Å². The quantitative estimate of drug-likeness (QED) is 0.783. The van der Waals surface area contributed by atoms with Crippen molar-refractivity contribution in [3.8, 4) is 0 Å². The molecule has 2 heterocycles. The molecule has 3 N–H and O–H groups in total. The van der Waals surface area contributed by atoms with Gasteiger partial charge in [-0.3, -0.25) is 0 Å². The Morgan fingerprint density at radius 3 is 2.89 bits per heavy atom. The van der Waals surface area contributed by atoms with E-state index < -0.39 is 10.0 Å². The maximum Gasteiger partial charge on any atom is 0.260 e. The highest BCUT2D eigenvalue weighted by Crippen LogP contribution is 2.13. The number of hydrogen-bond donors (Lipinski definition) is 2. The van der Waals surface area contributed by atoms with E-state index >= 15 is 0 Å². The minimum Gasteiger partial charge on any atom is -0.396 e. The summed E-state index contributed by atoms with van der Waals surface area (Å²) in [5.41, 5.74) is 5.71. The summed E-state index contributed by atoms with van der Waals surface area (Å²) in [6.07, 6.45) is 6.39. The Morgan fingerprint density at radius 2 is 2.22 bits per heavy atom. The summed E-state index contributed by atoms with van der Waals surface area (Å²) in [5, 5.41) is -0.143. The van der Waals surface area contributed by atoms with E-state index in [9.17, 15) is 8.42 Å². The molecule has 2 aromatic heterocycles. The van der Waals surface area contributed by atoms with Gasteiger partial charge in [-0.25, -0.2) is 23.1 Å². The van der Waals surface area contributed by atoms with Crippen molar-refractivity contribution in [2.75, 3.05) is 12.3 Å². The number of rotatable bonds is 5. The molecule has 0 bridgehead atoms. The maximum absolute atomic E-state index is 11.9. The summed E-state index contributed by atoms with van der Waals surface area (Å²) >= 11 is 0. The van der Waals surface area contributed by atoms with Crippen molar-refractivity contribution in [3.05, 3.63) is 37.1 Å². The lowest BCUT2D eigenvalue weighted by Crippen LogP contribution is -2.28. The molecule has 2 aromatic rings. The smallest absolute Gasteiger partial charge is 0.260 e. The Kier molecular flexibility index (Phi) is 3.58. The van der Waals surface area contributed by atoms with Crippen LogP contribution < -0.4 is 10.5 Å². The molecule has 7 nitrogen and oxygen atoms in total. The van der Waals surface area contributed by atoms with E-state index in [2.05, 4.69) is 14.7 Å². The van der Waals surface area contributed by atoms with Gasteiger partial charge in [0.2, 0.25) is 0 Å². The number of nitrogens with one attached hydrogen (secondary N) is 1. The topological polar surface area (TPSA) is 103 Å². The van der Waals surface area contributed by atoms with Gasteiger partial charge in [0.1, 0.15) is 0 Å². The first-order valence-electron chi connectivity index (χ1n) is 5.25. The van der Waals surface area contributed by atoms with Gasteiger partial charge in [-0.05, 0) is 12.1 Å². The molecule has 0 saturated carbocycles. The Morgan fingerprint density at radius 1 is 1.39 bits per heavy atom. The van der Waals surface area contributed by atoms with E-state index in [1.807, 2.05) is 0 Å². The number of nitrogens with zero attached hydrogens (tertiary/aromatic N) is 3. The predicted molar refractivity (Wildman–Crippen MR) is 66.1 cm³/mol. The normalized spacial score (nSPS) is 11.6. The van der Waals surface area contributed by atoms with Crippen LogP contribution in [0.25, 0.3) is 0 Å². The Balaban J connectivity index is 2.02. The van der Waals surface area contributed by atoms with Gasteiger partial charge in [0.05, 0.1) is 12.0 Å². The molecule has 0 spiro atoms. The standard InChI is InChI=1S/C10H13N5O2S/c11-9-2-1-3-13-10(9)18(16,17)14-5-7-15-6-4-12-8-15/h1-4,6,8,14H,5,7,11H2. The Bertz CT molecular complexity index is 609. The lowest BCUT2D eigenvalue weighted by atomic mass is 10.4. The Hall–Kier alpha value is -1.93. The van der Waals surface area contributed by atoms with Gasteiger partial charge in [0, 0.05) is 31.7 Å².